The van der Waals surface area contributed by atoms with Crippen LogP contribution < -0.4 is 15.4 Å². The van der Waals surface area contributed by atoms with Crippen molar-refractivity contribution in [3.05, 3.63) is 24.3 Å². The van der Waals surface area contributed by atoms with Crippen molar-refractivity contribution in [3.63, 3.8) is 0 Å². The van der Waals surface area contributed by atoms with Crippen molar-refractivity contribution in [1.82, 2.24) is 5.32 Å². The fourth-order valence-corrected chi connectivity index (χ4v) is 2.62. The normalized spacial score (nSPS) is 20.2. The molecule has 2 N–H and O–H groups in total. The number of anilines is 1. The number of ether oxygens (including phenoxy) is 1. The fraction of sp³-hybridized carbons (Fsp3) is 0.625. The molecule has 1 aromatic carbocycles. The number of rotatable bonds is 7. The largest absolute Gasteiger partial charge is 0.494 e. The summed E-state index contributed by atoms with van der Waals surface area (Å²) in [4.78, 5) is 0. The van der Waals surface area contributed by atoms with E-state index in [4.69, 9.17) is 4.74 Å². The van der Waals surface area contributed by atoms with Gasteiger partial charge in [0.1, 0.15) is 5.75 Å². The van der Waals surface area contributed by atoms with Crippen LogP contribution in [0.3, 0.4) is 0 Å². The van der Waals surface area contributed by atoms with Crippen LogP contribution in [0.25, 0.3) is 0 Å². The minimum absolute atomic E-state index is 0.483. The molecular weight excluding hydrogens is 236 g/mol. The van der Waals surface area contributed by atoms with E-state index in [1.54, 1.807) is 0 Å². The molecule has 0 aliphatic carbocycles. The smallest absolute Gasteiger partial charge is 0.121 e. The van der Waals surface area contributed by atoms with Crippen LogP contribution in [-0.2, 0) is 0 Å². The van der Waals surface area contributed by atoms with Gasteiger partial charge in [0.2, 0.25) is 0 Å². The van der Waals surface area contributed by atoms with Gasteiger partial charge in [-0.15, -0.1) is 0 Å². The van der Waals surface area contributed by atoms with Crippen molar-refractivity contribution in [2.75, 3.05) is 18.5 Å². The third-order valence-corrected chi connectivity index (χ3v) is 3.52. The van der Waals surface area contributed by atoms with E-state index in [0.717, 1.165) is 24.5 Å². The second kappa shape index (κ2) is 7.39. The Labute approximate surface area is 116 Å². The van der Waals surface area contributed by atoms with E-state index in [1.807, 2.05) is 12.1 Å². The molecule has 1 fully saturated rings. The standard InChI is InChI=1S/C16H26N2O/c1-3-10-19-16-8-4-6-15(12-16)18-13(2)11-14-7-5-9-17-14/h4,6,8,12-14,17-18H,3,5,7,9-11H2,1-2H3. The molecule has 106 valence electrons. The first-order chi connectivity index (χ1) is 9.28. The van der Waals surface area contributed by atoms with Gasteiger partial charge in [0.25, 0.3) is 0 Å². The van der Waals surface area contributed by atoms with Crippen molar-refractivity contribution < 1.29 is 4.74 Å². The molecule has 0 aromatic heterocycles. The topological polar surface area (TPSA) is 33.3 Å². The van der Waals surface area contributed by atoms with E-state index in [-0.39, 0.29) is 0 Å². The molecule has 2 rings (SSSR count). The average Bonchev–Trinajstić information content (AvgIpc) is 2.89. The molecule has 2 unspecified atom stereocenters. The highest BCUT2D eigenvalue weighted by Gasteiger charge is 2.16. The molecule has 1 aromatic rings. The molecule has 1 heterocycles. The second-order valence-corrected chi connectivity index (χ2v) is 5.45. The van der Waals surface area contributed by atoms with Crippen LogP contribution in [0, 0.1) is 0 Å². The van der Waals surface area contributed by atoms with Gasteiger partial charge in [0.05, 0.1) is 6.61 Å². The van der Waals surface area contributed by atoms with Crippen LogP contribution in [0.1, 0.15) is 39.5 Å². The van der Waals surface area contributed by atoms with Crippen LogP contribution in [0.4, 0.5) is 5.69 Å². The number of benzene rings is 1. The molecular formula is C16H26N2O. The quantitative estimate of drug-likeness (QED) is 0.790. The zero-order chi connectivity index (χ0) is 13.5. The lowest BCUT2D eigenvalue weighted by Gasteiger charge is -2.19. The highest BCUT2D eigenvalue weighted by atomic mass is 16.5. The molecule has 2 atom stereocenters. The summed E-state index contributed by atoms with van der Waals surface area (Å²) in [7, 11) is 0. The first kappa shape index (κ1) is 14.2. The van der Waals surface area contributed by atoms with Gasteiger partial charge in [-0.05, 0) is 51.3 Å². The summed E-state index contributed by atoms with van der Waals surface area (Å²) in [5.74, 6) is 0.957. The summed E-state index contributed by atoms with van der Waals surface area (Å²) in [6.07, 6.45) is 4.85. The van der Waals surface area contributed by atoms with Gasteiger partial charge in [0.15, 0.2) is 0 Å². The third kappa shape index (κ3) is 4.75. The maximum atomic E-state index is 5.66. The van der Waals surface area contributed by atoms with Crippen LogP contribution in [0.2, 0.25) is 0 Å². The Morgan fingerprint density at radius 2 is 2.37 bits per heavy atom. The Hall–Kier alpha value is -1.22. The Morgan fingerprint density at radius 3 is 3.11 bits per heavy atom. The Balaban J connectivity index is 1.83. The van der Waals surface area contributed by atoms with Crippen LogP contribution in [0.15, 0.2) is 24.3 Å². The lowest BCUT2D eigenvalue weighted by molar-refractivity contribution is 0.317. The first-order valence-electron chi connectivity index (χ1n) is 7.50. The van der Waals surface area contributed by atoms with Gasteiger partial charge in [-0.1, -0.05) is 13.0 Å². The highest BCUT2D eigenvalue weighted by Crippen LogP contribution is 2.20. The highest BCUT2D eigenvalue weighted by molar-refractivity contribution is 5.48. The van der Waals surface area contributed by atoms with Crippen LogP contribution in [-0.4, -0.2) is 25.2 Å². The Kier molecular flexibility index (Phi) is 5.52. The van der Waals surface area contributed by atoms with Gasteiger partial charge in [-0.2, -0.15) is 0 Å². The molecule has 1 aliphatic rings. The summed E-state index contributed by atoms with van der Waals surface area (Å²) in [6, 6.07) is 9.43. The van der Waals surface area contributed by atoms with Gasteiger partial charge >= 0.3 is 0 Å². The van der Waals surface area contributed by atoms with E-state index < -0.39 is 0 Å². The predicted molar refractivity (Wildman–Crippen MR) is 81.0 cm³/mol. The summed E-state index contributed by atoms with van der Waals surface area (Å²) in [5.41, 5.74) is 1.15. The van der Waals surface area contributed by atoms with Crippen molar-refractivity contribution in [1.29, 1.82) is 0 Å². The second-order valence-electron chi connectivity index (χ2n) is 5.45. The molecule has 3 nitrogen and oxygen atoms in total. The zero-order valence-corrected chi connectivity index (χ0v) is 12.1. The monoisotopic (exact) mass is 262 g/mol. The Morgan fingerprint density at radius 1 is 1.47 bits per heavy atom. The number of hydrogen-bond donors (Lipinski definition) is 2. The third-order valence-electron chi connectivity index (χ3n) is 3.52. The summed E-state index contributed by atoms with van der Waals surface area (Å²) in [6.45, 7) is 6.33. The first-order valence-corrected chi connectivity index (χ1v) is 7.50. The Bertz CT molecular complexity index is 375. The van der Waals surface area contributed by atoms with Crippen LogP contribution in [0.5, 0.6) is 5.75 Å². The number of nitrogens with one attached hydrogen (secondary N) is 2. The average molecular weight is 262 g/mol. The predicted octanol–water partition coefficient (Wildman–Crippen LogP) is 3.42. The minimum atomic E-state index is 0.483. The van der Waals surface area contributed by atoms with Gasteiger partial charge < -0.3 is 15.4 Å². The van der Waals surface area contributed by atoms with Gasteiger partial charge in [0, 0.05) is 23.8 Å². The maximum Gasteiger partial charge on any atom is 0.121 e. The van der Waals surface area contributed by atoms with Crippen LogP contribution >= 0.6 is 0 Å². The molecule has 0 amide bonds. The van der Waals surface area contributed by atoms with Gasteiger partial charge in [-0.25, -0.2) is 0 Å². The van der Waals surface area contributed by atoms with E-state index in [2.05, 4.69) is 36.6 Å². The van der Waals surface area contributed by atoms with E-state index in [9.17, 15) is 0 Å². The molecule has 1 saturated heterocycles. The molecule has 0 radical (unpaired) electrons. The molecule has 0 spiro atoms. The molecule has 1 aliphatic heterocycles. The van der Waals surface area contributed by atoms with E-state index >= 15 is 0 Å². The zero-order valence-electron chi connectivity index (χ0n) is 12.1. The fourth-order valence-electron chi connectivity index (χ4n) is 2.62. The van der Waals surface area contributed by atoms with Crippen molar-refractivity contribution >= 4 is 5.69 Å². The maximum absolute atomic E-state index is 5.66. The lowest BCUT2D eigenvalue weighted by atomic mass is 10.1. The van der Waals surface area contributed by atoms with E-state index in [0.29, 0.717) is 12.1 Å². The van der Waals surface area contributed by atoms with E-state index in [1.165, 1.54) is 25.8 Å². The van der Waals surface area contributed by atoms with Crippen molar-refractivity contribution in [3.8, 4) is 5.75 Å². The lowest BCUT2D eigenvalue weighted by Crippen LogP contribution is -2.29. The SMILES string of the molecule is CCCOc1cccc(NC(C)CC2CCCN2)c1. The number of hydrogen-bond acceptors (Lipinski definition) is 3. The summed E-state index contributed by atoms with van der Waals surface area (Å²) < 4.78 is 5.66. The van der Waals surface area contributed by atoms with Gasteiger partial charge in [-0.3, -0.25) is 0 Å². The molecule has 0 saturated carbocycles. The molecule has 19 heavy (non-hydrogen) atoms. The molecule has 0 bridgehead atoms. The summed E-state index contributed by atoms with van der Waals surface area (Å²) in [5, 5.41) is 7.11. The molecule has 3 heteroatoms. The van der Waals surface area contributed by atoms with Crippen molar-refractivity contribution in [2.24, 2.45) is 0 Å². The van der Waals surface area contributed by atoms with Crippen molar-refractivity contribution in [2.45, 2.75) is 51.6 Å². The summed E-state index contributed by atoms with van der Waals surface area (Å²) >= 11 is 0. The minimum Gasteiger partial charge on any atom is -0.494 e.